The maximum absolute atomic E-state index is 12.7. The third-order valence-corrected chi connectivity index (χ3v) is 5.04. The molecule has 0 radical (unpaired) electrons. The van der Waals surface area contributed by atoms with Crippen LogP contribution in [0.1, 0.15) is 42.3 Å². The maximum atomic E-state index is 12.7. The number of methoxy groups -OCH3 is 1. The molecule has 0 N–H and O–H groups in total. The monoisotopic (exact) mass is 379 g/mol. The van der Waals surface area contributed by atoms with Crippen LogP contribution in [0.2, 0.25) is 0 Å². The zero-order chi connectivity index (χ0) is 19.9. The number of rotatable bonds is 9. The first kappa shape index (κ1) is 19.9. The molecule has 0 bridgehead atoms. The Morgan fingerprint density at radius 3 is 2.21 bits per heavy atom. The van der Waals surface area contributed by atoms with Crippen molar-refractivity contribution in [2.45, 2.75) is 52.6 Å². The first-order valence-corrected chi connectivity index (χ1v) is 9.95. The van der Waals surface area contributed by atoms with Gasteiger partial charge in [-0.3, -0.25) is 4.57 Å². The van der Waals surface area contributed by atoms with Gasteiger partial charge in [0.25, 0.3) is 0 Å². The highest BCUT2D eigenvalue weighted by atomic mass is 16.5. The minimum Gasteiger partial charge on any atom is -0.497 e. The molecule has 5 heteroatoms. The number of nitrogens with zero attached hydrogens (tertiary/aromatic N) is 3. The van der Waals surface area contributed by atoms with Gasteiger partial charge in [0.2, 0.25) is 0 Å². The van der Waals surface area contributed by atoms with E-state index in [9.17, 15) is 4.79 Å². The zero-order valence-electron chi connectivity index (χ0n) is 17.0. The normalized spacial score (nSPS) is 11.0. The minimum atomic E-state index is -0.0202. The third kappa shape index (κ3) is 4.91. The summed E-state index contributed by atoms with van der Waals surface area (Å²) in [5.74, 6) is 1.77. The molecular formula is C23H29N3O2. The summed E-state index contributed by atoms with van der Waals surface area (Å²) in [7, 11) is 1.68. The van der Waals surface area contributed by atoms with E-state index in [-0.39, 0.29) is 5.69 Å². The molecule has 2 aromatic carbocycles. The fourth-order valence-corrected chi connectivity index (χ4v) is 3.36. The minimum absolute atomic E-state index is 0.0202. The van der Waals surface area contributed by atoms with Gasteiger partial charge in [-0.15, -0.1) is 0 Å². The quantitative estimate of drug-likeness (QED) is 0.528. The molecule has 0 aliphatic carbocycles. The van der Waals surface area contributed by atoms with Gasteiger partial charge < -0.3 is 4.74 Å². The molecule has 0 unspecified atom stereocenters. The topological polar surface area (TPSA) is 49.0 Å². The lowest BCUT2D eigenvalue weighted by Crippen LogP contribution is -2.25. The van der Waals surface area contributed by atoms with Gasteiger partial charge in [0.1, 0.15) is 11.6 Å². The van der Waals surface area contributed by atoms with Crippen LogP contribution in [0.4, 0.5) is 0 Å². The van der Waals surface area contributed by atoms with Crippen molar-refractivity contribution in [1.29, 1.82) is 0 Å². The van der Waals surface area contributed by atoms with Crippen LogP contribution >= 0.6 is 0 Å². The molecule has 0 amide bonds. The van der Waals surface area contributed by atoms with Crippen molar-refractivity contribution in [3.05, 3.63) is 81.5 Å². The van der Waals surface area contributed by atoms with E-state index in [1.54, 1.807) is 16.4 Å². The Morgan fingerprint density at radius 1 is 0.929 bits per heavy atom. The summed E-state index contributed by atoms with van der Waals surface area (Å²) in [6, 6.07) is 16.5. The van der Waals surface area contributed by atoms with Gasteiger partial charge in [0, 0.05) is 13.0 Å². The fraction of sp³-hybridized carbons (Fsp3) is 0.391. The highest BCUT2D eigenvalue weighted by molar-refractivity contribution is 5.27. The second-order valence-corrected chi connectivity index (χ2v) is 7.14. The molecule has 0 atom stereocenters. The number of aryl methyl sites for hydroxylation is 3. The summed E-state index contributed by atoms with van der Waals surface area (Å²) in [5.41, 5.74) is 3.60. The van der Waals surface area contributed by atoms with Gasteiger partial charge in [0.05, 0.1) is 13.7 Å². The van der Waals surface area contributed by atoms with Crippen LogP contribution in [-0.4, -0.2) is 21.5 Å². The molecule has 0 aliphatic rings. The van der Waals surface area contributed by atoms with Crippen molar-refractivity contribution >= 4 is 0 Å². The molecule has 0 aliphatic heterocycles. The van der Waals surface area contributed by atoms with Crippen LogP contribution < -0.4 is 10.4 Å². The number of benzene rings is 2. The van der Waals surface area contributed by atoms with E-state index in [0.29, 0.717) is 13.1 Å². The Bertz CT molecular complexity index is 937. The van der Waals surface area contributed by atoms with Crippen LogP contribution in [-0.2, 0) is 25.9 Å². The molecule has 148 valence electrons. The van der Waals surface area contributed by atoms with Gasteiger partial charge in [0.15, 0.2) is 0 Å². The molecular weight excluding hydrogens is 350 g/mol. The number of unbranched alkanes of at least 4 members (excludes halogenated alkanes) is 1. The number of ether oxygens (including phenoxy) is 1. The average molecular weight is 380 g/mol. The van der Waals surface area contributed by atoms with Crippen molar-refractivity contribution in [2.75, 3.05) is 7.11 Å². The standard InChI is InChI=1S/C23H29N3O2/c1-4-25-22(8-6-5-7-19-13-15-21(28-3)16-14-19)24-26(23(25)27)17-20-11-9-18(2)10-12-20/h9-16H,4-8,17H2,1-3H3. The molecule has 0 saturated carbocycles. The SMILES string of the molecule is CCn1c(CCCCc2ccc(OC)cc2)nn(Cc2ccc(C)cc2)c1=O. The smallest absolute Gasteiger partial charge is 0.346 e. The summed E-state index contributed by atoms with van der Waals surface area (Å²) in [6.07, 6.45) is 3.91. The Kier molecular flexibility index (Phi) is 6.69. The molecule has 5 nitrogen and oxygen atoms in total. The molecule has 0 saturated heterocycles. The molecule has 0 spiro atoms. The second kappa shape index (κ2) is 9.40. The van der Waals surface area contributed by atoms with Crippen molar-refractivity contribution in [2.24, 2.45) is 0 Å². The van der Waals surface area contributed by atoms with E-state index in [1.807, 2.05) is 19.1 Å². The predicted octanol–water partition coefficient (Wildman–Crippen LogP) is 4.00. The van der Waals surface area contributed by atoms with Crippen molar-refractivity contribution in [1.82, 2.24) is 14.3 Å². The Balaban J connectivity index is 1.59. The molecule has 1 aromatic heterocycles. The summed E-state index contributed by atoms with van der Waals surface area (Å²) in [4.78, 5) is 12.7. The van der Waals surface area contributed by atoms with E-state index in [2.05, 4.69) is 48.4 Å². The fourth-order valence-electron chi connectivity index (χ4n) is 3.36. The number of hydrogen-bond donors (Lipinski definition) is 0. The van der Waals surface area contributed by atoms with Gasteiger partial charge in [-0.2, -0.15) is 5.10 Å². The first-order chi connectivity index (χ1) is 13.6. The Labute approximate surface area is 166 Å². The molecule has 1 heterocycles. The van der Waals surface area contributed by atoms with E-state index >= 15 is 0 Å². The van der Waals surface area contributed by atoms with E-state index in [1.165, 1.54) is 11.1 Å². The summed E-state index contributed by atoms with van der Waals surface area (Å²) < 4.78 is 8.58. The van der Waals surface area contributed by atoms with Crippen LogP contribution in [0.25, 0.3) is 0 Å². The highest BCUT2D eigenvalue weighted by Gasteiger charge is 2.12. The summed E-state index contributed by atoms with van der Waals surface area (Å²) >= 11 is 0. The van der Waals surface area contributed by atoms with E-state index in [4.69, 9.17) is 4.74 Å². The largest absolute Gasteiger partial charge is 0.497 e. The first-order valence-electron chi connectivity index (χ1n) is 9.95. The molecule has 3 rings (SSSR count). The van der Waals surface area contributed by atoms with Crippen LogP contribution in [0.3, 0.4) is 0 Å². The predicted molar refractivity (Wildman–Crippen MR) is 112 cm³/mol. The number of aromatic nitrogens is 3. The van der Waals surface area contributed by atoms with Crippen molar-refractivity contribution in [3.8, 4) is 5.75 Å². The lowest BCUT2D eigenvalue weighted by molar-refractivity contribution is 0.414. The van der Waals surface area contributed by atoms with Crippen LogP contribution in [0.15, 0.2) is 53.3 Å². The maximum Gasteiger partial charge on any atom is 0.346 e. The van der Waals surface area contributed by atoms with Crippen LogP contribution in [0.5, 0.6) is 5.75 Å². The van der Waals surface area contributed by atoms with Crippen LogP contribution in [0, 0.1) is 6.92 Å². The van der Waals surface area contributed by atoms with Gasteiger partial charge in [-0.25, -0.2) is 9.48 Å². The Hall–Kier alpha value is -2.82. The second-order valence-electron chi connectivity index (χ2n) is 7.14. The molecule has 3 aromatic rings. The molecule has 28 heavy (non-hydrogen) atoms. The number of hydrogen-bond acceptors (Lipinski definition) is 3. The van der Waals surface area contributed by atoms with Gasteiger partial charge in [-0.05, 0) is 56.4 Å². The zero-order valence-corrected chi connectivity index (χ0v) is 17.0. The lowest BCUT2D eigenvalue weighted by Gasteiger charge is -2.04. The average Bonchev–Trinajstić information content (AvgIpc) is 3.02. The van der Waals surface area contributed by atoms with Crippen molar-refractivity contribution in [3.63, 3.8) is 0 Å². The van der Waals surface area contributed by atoms with Crippen molar-refractivity contribution < 1.29 is 4.74 Å². The molecule has 0 fully saturated rings. The summed E-state index contributed by atoms with van der Waals surface area (Å²) in [5, 5.41) is 4.62. The lowest BCUT2D eigenvalue weighted by atomic mass is 10.1. The highest BCUT2D eigenvalue weighted by Crippen LogP contribution is 2.14. The van der Waals surface area contributed by atoms with Gasteiger partial charge >= 0.3 is 5.69 Å². The summed E-state index contributed by atoms with van der Waals surface area (Å²) in [6.45, 7) is 5.23. The van der Waals surface area contributed by atoms with Gasteiger partial charge in [-0.1, -0.05) is 42.0 Å². The van der Waals surface area contributed by atoms with E-state index in [0.717, 1.165) is 42.8 Å². The van der Waals surface area contributed by atoms with E-state index < -0.39 is 0 Å². The Morgan fingerprint density at radius 2 is 1.57 bits per heavy atom. The third-order valence-electron chi connectivity index (χ3n) is 5.04.